The molecule has 0 bridgehead atoms. The number of amides is 1. The Kier molecular flexibility index (Phi) is 4.23. The van der Waals surface area contributed by atoms with Crippen LogP contribution in [0.4, 0.5) is 0 Å². The first kappa shape index (κ1) is 11.6. The van der Waals surface area contributed by atoms with E-state index in [1.807, 2.05) is 0 Å². The molecule has 1 heterocycles. The van der Waals surface area contributed by atoms with Gasteiger partial charge >= 0.3 is 0 Å². The summed E-state index contributed by atoms with van der Waals surface area (Å²) in [5.41, 5.74) is 0.745. The van der Waals surface area contributed by atoms with E-state index in [2.05, 4.69) is 10.3 Å². The standard InChI is InChI=1S/C9H16N4O2/c1-12(2)9(15)3-5-13-7-8(4-6-14)10-11-13/h7,14H,3-6H2,1-2H3. The summed E-state index contributed by atoms with van der Waals surface area (Å²) in [7, 11) is 3.45. The lowest BCUT2D eigenvalue weighted by Crippen LogP contribution is -2.22. The maximum Gasteiger partial charge on any atom is 0.223 e. The van der Waals surface area contributed by atoms with E-state index in [0.717, 1.165) is 5.69 Å². The lowest BCUT2D eigenvalue weighted by molar-refractivity contribution is -0.128. The minimum Gasteiger partial charge on any atom is -0.396 e. The van der Waals surface area contributed by atoms with Crippen molar-refractivity contribution in [1.29, 1.82) is 0 Å². The van der Waals surface area contributed by atoms with Crippen LogP contribution < -0.4 is 0 Å². The number of carbonyl (C=O) groups is 1. The third-order valence-electron chi connectivity index (χ3n) is 2.01. The normalized spacial score (nSPS) is 10.3. The average Bonchev–Trinajstić information content (AvgIpc) is 2.62. The van der Waals surface area contributed by atoms with Gasteiger partial charge in [0.25, 0.3) is 0 Å². The second-order valence-corrected chi connectivity index (χ2v) is 3.48. The van der Waals surface area contributed by atoms with Gasteiger partial charge in [0.1, 0.15) is 0 Å². The largest absolute Gasteiger partial charge is 0.396 e. The van der Waals surface area contributed by atoms with Crippen molar-refractivity contribution in [2.45, 2.75) is 19.4 Å². The minimum atomic E-state index is 0.0641. The summed E-state index contributed by atoms with van der Waals surface area (Å²) in [6.45, 7) is 0.588. The molecule has 0 aliphatic heterocycles. The van der Waals surface area contributed by atoms with Gasteiger partial charge in [0.15, 0.2) is 0 Å². The Hall–Kier alpha value is -1.43. The summed E-state index contributed by atoms with van der Waals surface area (Å²) in [5, 5.41) is 16.4. The molecule has 0 aliphatic carbocycles. The van der Waals surface area contributed by atoms with Crippen LogP contribution in [-0.2, 0) is 17.8 Å². The van der Waals surface area contributed by atoms with Crippen LogP contribution in [0.25, 0.3) is 0 Å². The first-order valence-electron chi connectivity index (χ1n) is 4.83. The van der Waals surface area contributed by atoms with Crippen LogP contribution in [0.5, 0.6) is 0 Å². The molecular formula is C9H16N4O2. The predicted octanol–water partition coefficient (Wildman–Crippen LogP) is -0.709. The number of carbonyl (C=O) groups excluding carboxylic acids is 1. The van der Waals surface area contributed by atoms with E-state index in [4.69, 9.17) is 5.11 Å². The zero-order valence-electron chi connectivity index (χ0n) is 9.05. The fourth-order valence-corrected chi connectivity index (χ4v) is 1.11. The zero-order chi connectivity index (χ0) is 11.3. The van der Waals surface area contributed by atoms with E-state index < -0.39 is 0 Å². The minimum absolute atomic E-state index is 0.0641. The number of aromatic nitrogens is 3. The van der Waals surface area contributed by atoms with Gasteiger partial charge in [0.2, 0.25) is 5.91 Å². The van der Waals surface area contributed by atoms with Crippen LogP contribution in [0.3, 0.4) is 0 Å². The van der Waals surface area contributed by atoms with Gasteiger partial charge in [-0.05, 0) is 0 Å². The molecule has 0 aromatic carbocycles. The zero-order valence-corrected chi connectivity index (χ0v) is 9.05. The second kappa shape index (κ2) is 5.45. The van der Waals surface area contributed by atoms with E-state index in [-0.39, 0.29) is 12.5 Å². The summed E-state index contributed by atoms with van der Waals surface area (Å²) >= 11 is 0. The second-order valence-electron chi connectivity index (χ2n) is 3.48. The van der Waals surface area contributed by atoms with Gasteiger partial charge in [-0.1, -0.05) is 5.21 Å². The Morgan fingerprint density at radius 3 is 2.93 bits per heavy atom. The molecule has 0 unspecified atom stereocenters. The van der Waals surface area contributed by atoms with Gasteiger partial charge in [-0.3, -0.25) is 9.48 Å². The monoisotopic (exact) mass is 212 g/mol. The number of aliphatic hydroxyl groups excluding tert-OH is 1. The molecule has 0 spiro atoms. The molecule has 0 fully saturated rings. The van der Waals surface area contributed by atoms with Crippen LogP contribution in [0, 0.1) is 0 Å². The highest BCUT2D eigenvalue weighted by molar-refractivity contribution is 5.75. The summed E-state index contributed by atoms with van der Waals surface area (Å²) in [6.07, 6.45) is 2.66. The fourth-order valence-electron chi connectivity index (χ4n) is 1.11. The third kappa shape index (κ3) is 3.67. The molecule has 0 atom stereocenters. The molecule has 6 nitrogen and oxygen atoms in total. The maximum absolute atomic E-state index is 11.3. The molecule has 1 N–H and O–H groups in total. The van der Waals surface area contributed by atoms with Crippen molar-refractivity contribution in [3.8, 4) is 0 Å². The molecule has 0 saturated carbocycles. The van der Waals surface area contributed by atoms with Crippen LogP contribution in [0.2, 0.25) is 0 Å². The quantitative estimate of drug-likeness (QED) is 0.700. The lowest BCUT2D eigenvalue weighted by Gasteiger charge is -2.09. The molecule has 0 radical (unpaired) electrons. The SMILES string of the molecule is CN(C)C(=O)CCn1cc(CCO)nn1. The Labute approximate surface area is 88.5 Å². The van der Waals surface area contributed by atoms with Crippen molar-refractivity contribution in [3.05, 3.63) is 11.9 Å². The molecule has 1 rings (SSSR count). The molecule has 0 saturated heterocycles. The van der Waals surface area contributed by atoms with Crippen LogP contribution in [0.15, 0.2) is 6.20 Å². The van der Waals surface area contributed by atoms with E-state index in [1.54, 1.807) is 29.9 Å². The molecule has 0 aliphatic rings. The van der Waals surface area contributed by atoms with E-state index in [0.29, 0.717) is 19.4 Å². The van der Waals surface area contributed by atoms with Crippen molar-refractivity contribution < 1.29 is 9.90 Å². The highest BCUT2D eigenvalue weighted by Crippen LogP contribution is 1.96. The van der Waals surface area contributed by atoms with Gasteiger partial charge in [0.05, 0.1) is 12.2 Å². The highest BCUT2D eigenvalue weighted by atomic mass is 16.3. The fraction of sp³-hybridized carbons (Fsp3) is 0.667. The van der Waals surface area contributed by atoms with E-state index in [9.17, 15) is 4.79 Å². The molecule has 1 aromatic heterocycles. The van der Waals surface area contributed by atoms with Gasteiger partial charge in [-0.2, -0.15) is 0 Å². The number of nitrogens with zero attached hydrogens (tertiary/aromatic N) is 4. The number of hydrogen-bond acceptors (Lipinski definition) is 4. The van der Waals surface area contributed by atoms with Crippen molar-refractivity contribution in [2.24, 2.45) is 0 Å². The summed E-state index contributed by atoms with van der Waals surface area (Å²) in [6, 6.07) is 0. The smallest absolute Gasteiger partial charge is 0.223 e. The van der Waals surface area contributed by atoms with Crippen LogP contribution >= 0.6 is 0 Å². The Morgan fingerprint density at radius 2 is 2.33 bits per heavy atom. The first-order chi connectivity index (χ1) is 7.13. The van der Waals surface area contributed by atoms with Gasteiger partial charge in [-0.15, -0.1) is 5.10 Å². The highest BCUT2D eigenvalue weighted by Gasteiger charge is 2.05. The van der Waals surface area contributed by atoms with Crippen molar-refractivity contribution in [2.75, 3.05) is 20.7 Å². The maximum atomic E-state index is 11.3. The van der Waals surface area contributed by atoms with Crippen molar-refractivity contribution in [1.82, 2.24) is 19.9 Å². The van der Waals surface area contributed by atoms with Crippen molar-refractivity contribution >= 4 is 5.91 Å². The number of hydrogen-bond donors (Lipinski definition) is 1. The van der Waals surface area contributed by atoms with Gasteiger partial charge < -0.3 is 10.0 Å². The van der Waals surface area contributed by atoms with Crippen molar-refractivity contribution in [3.63, 3.8) is 0 Å². The predicted molar refractivity (Wildman–Crippen MR) is 54.1 cm³/mol. The summed E-state index contributed by atoms with van der Waals surface area (Å²) in [5.74, 6) is 0.0641. The first-order valence-corrected chi connectivity index (χ1v) is 4.83. The van der Waals surface area contributed by atoms with Crippen LogP contribution in [0.1, 0.15) is 12.1 Å². The van der Waals surface area contributed by atoms with E-state index in [1.165, 1.54) is 0 Å². The molecule has 1 aromatic rings. The molecule has 1 amide bonds. The molecular weight excluding hydrogens is 196 g/mol. The Balaban J connectivity index is 2.40. The Morgan fingerprint density at radius 1 is 1.60 bits per heavy atom. The summed E-state index contributed by atoms with van der Waals surface area (Å²) in [4.78, 5) is 12.8. The van der Waals surface area contributed by atoms with E-state index >= 15 is 0 Å². The van der Waals surface area contributed by atoms with Crippen LogP contribution in [-0.4, -0.2) is 51.6 Å². The lowest BCUT2D eigenvalue weighted by atomic mass is 10.3. The third-order valence-corrected chi connectivity index (χ3v) is 2.01. The average molecular weight is 212 g/mol. The summed E-state index contributed by atoms with van der Waals surface area (Å²) < 4.78 is 1.62. The van der Waals surface area contributed by atoms with Gasteiger partial charge in [-0.25, -0.2) is 0 Å². The molecule has 84 valence electrons. The van der Waals surface area contributed by atoms with Gasteiger partial charge in [0, 0.05) is 39.7 Å². The topological polar surface area (TPSA) is 71.2 Å². The number of aliphatic hydroxyl groups is 1. The number of rotatable bonds is 5. The molecule has 6 heteroatoms. The Bertz CT molecular complexity index is 322. The number of aryl methyl sites for hydroxylation is 1. The molecule has 15 heavy (non-hydrogen) atoms.